The van der Waals surface area contributed by atoms with Crippen LogP contribution in [0.4, 0.5) is 0 Å². The number of ether oxygens (including phenoxy) is 1. The monoisotopic (exact) mass is 489 g/mol. The summed E-state index contributed by atoms with van der Waals surface area (Å²) in [6, 6.07) is 9.00. The number of aromatic nitrogens is 1. The number of carbonyl (C=O) groups excluding carboxylic acids is 1. The third-order valence-corrected chi connectivity index (χ3v) is 5.10. The molecule has 7 nitrogen and oxygen atoms in total. The molecule has 8 heteroatoms. The summed E-state index contributed by atoms with van der Waals surface area (Å²) < 4.78 is 5.41. The number of rotatable bonds is 7. The summed E-state index contributed by atoms with van der Waals surface area (Å²) in [5.74, 6) is -0.439. The molecule has 0 amide bonds. The average Bonchev–Trinajstić information content (AvgIpc) is 3.00. The van der Waals surface area contributed by atoms with Crippen LogP contribution in [0.1, 0.15) is 60.6 Å². The van der Waals surface area contributed by atoms with Crippen molar-refractivity contribution in [1.29, 1.82) is 5.41 Å². The number of benzene rings is 1. The number of aliphatic carboxylic acids is 1. The molecule has 2 heterocycles. The van der Waals surface area contributed by atoms with Crippen LogP contribution >= 0.6 is 17.0 Å². The van der Waals surface area contributed by atoms with Gasteiger partial charge in [0.2, 0.25) is 0 Å². The van der Waals surface area contributed by atoms with Crippen LogP contribution in [-0.2, 0) is 23.2 Å². The zero-order chi connectivity index (χ0) is 22.1. The van der Waals surface area contributed by atoms with Gasteiger partial charge in [-0.25, -0.2) is 9.78 Å². The number of pyridine rings is 1. The number of hydrogen-bond donors (Lipinski definition) is 2. The van der Waals surface area contributed by atoms with Crippen molar-refractivity contribution in [3.05, 3.63) is 58.4 Å². The maximum absolute atomic E-state index is 13.0. The minimum atomic E-state index is -1.05. The summed E-state index contributed by atoms with van der Waals surface area (Å²) in [7, 11) is 0. The second kappa shape index (κ2) is 9.60. The Morgan fingerprint density at radius 2 is 1.94 bits per heavy atom. The highest BCUT2D eigenvalue weighted by atomic mass is 79.9. The molecular weight excluding hydrogens is 462 g/mol. The molecule has 166 valence electrons. The maximum Gasteiger partial charge on any atom is 0.341 e. The number of carboxylic acid groups (broad SMARTS) is 1. The highest BCUT2D eigenvalue weighted by Gasteiger charge is 2.28. The topological polar surface area (TPSA) is 104 Å². The molecule has 0 aliphatic carbocycles. The number of amidine groups is 1. The number of carboxylic acids is 1. The predicted octanol–water partition coefficient (Wildman–Crippen LogP) is 4.01. The van der Waals surface area contributed by atoms with Crippen LogP contribution in [0.15, 0.2) is 30.3 Å². The smallest absolute Gasteiger partial charge is 0.341 e. The number of hydrogen-bond acceptors (Lipinski definition) is 5. The highest BCUT2D eigenvalue weighted by molar-refractivity contribution is 8.93. The van der Waals surface area contributed by atoms with Gasteiger partial charge in [0.15, 0.2) is 12.4 Å². The first-order chi connectivity index (χ1) is 14.1. The Kier molecular flexibility index (Phi) is 7.59. The first-order valence-corrected chi connectivity index (χ1v) is 9.95. The van der Waals surface area contributed by atoms with E-state index in [-0.39, 0.29) is 40.6 Å². The van der Waals surface area contributed by atoms with Crippen molar-refractivity contribution < 1.29 is 19.4 Å². The minimum Gasteiger partial charge on any atom is -0.482 e. The van der Waals surface area contributed by atoms with E-state index in [1.165, 1.54) is 0 Å². The SMILES string of the molecule is Br.CCc1ccc2c(n1)C(=N)N(CC(=O)c1ccc(OCC(=O)O)c(C(C)(C)C)c1)C2. The molecule has 0 radical (unpaired) electrons. The lowest BCUT2D eigenvalue weighted by Crippen LogP contribution is -2.30. The summed E-state index contributed by atoms with van der Waals surface area (Å²) in [6.45, 7) is 8.09. The molecule has 0 spiro atoms. The van der Waals surface area contributed by atoms with Crippen molar-refractivity contribution in [3.8, 4) is 5.75 Å². The van der Waals surface area contributed by atoms with Gasteiger partial charge in [0.1, 0.15) is 17.3 Å². The zero-order valence-corrected chi connectivity index (χ0v) is 19.9. The van der Waals surface area contributed by atoms with Gasteiger partial charge in [0.25, 0.3) is 0 Å². The number of ketones is 1. The summed E-state index contributed by atoms with van der Waals surface area (Å²) in [5, 5.41) is 17.3. The molecule has 0 saturated carbocycles. The van der Waals surface area contributed by atoms with Gasteiger partial charge < -0.3 is 14.7 Å². The number of Topliss-reactive ketones (excluding diaryl/α,β-unsaturated/α-hetero) is 1. The lowest BCUT2D eigenvalue weighted by molar-refractivity contribution is -0.139. The molecule has 2 aromatic rings. The fourth-order valence-corrected chi connectivity index (χ4v) is 3.45. The molecule has 1 aromatic carbocycles. The molecule has 0 bridgehead atoms. The van der Waals surface area contributed by atoms with Crippen molar-refractivity contribution in [2.75, 3.05) is 13.2 Å². The summed E-state index contributed by atoms with van der Waals surface area (Å²) in [5.41, 5.74) is 3.48. The van der Waals surface area contributed by atoms with Crippen molar-refractivity contribution >= 4 is 34.6 Å². The van der Waals surface area contributed by atoms with Crippen LogP contribution in [0.25, 0.3) is 0 Å². The van der Waals surface area contributed by atoms with E-state index in [0.717, 1.165) is 23.2 Å². The van der Waals surface area contributed by atoms with Gasteiger partial charge in [0.05, 0.1) is 6.54 Å². The van der Waals surface area contributed by atoms with E-state index >= 15 is 0 Å². The lowest BCUT2D eigenvalue weighted by atomic mass is 9.85. The Bertz CT molecular complexity index is 1010. The van der Waals surface area contributed by atoms with Gasteiger partial charge >= 0.3 is 5.97 Å². The van der Waals surface area contributed by atoms with E-state index in [2.05, 4.69) is 4.98 Å². The van der Waals surface area contributed by atoms with E-state index in [9.17, 15) is 9.59 Å². The number of halogens is 1. The summed E-state index contributed by atoms with van der Waals surface area (Å²) >= 11 is 0. The van der Waals surface area contributed by atoms with Crippen LogP contribution in [0, 0.1) is 5.41 Å². The molecule has 3 rings (SSSR count). The number of aryl methyl sites for hydroxylation is 1. The number of nitrogens with one attached hydrogen (secondary N) is 1. The van der Waals surface area contributed by atoms with Crippen LogP contribution in [-0.4, -0.2) is 45.7 Å². The molecule has 0 fully saturated rings. The van der Waals surface area contributed by atoms with Crippen LogP contribution in [0.2, 0.25) is 0 Å². The molecule has 2 N–H and O–H groups in total. The minimum absolute atomic E-state index is 0. The van der Waals surface area contributed by atoms with Crippen molar-refractivity contribution in [2.45, 2.75) is 46.1 Å². The Morgan fingerprint density at radius 1 is 1.23 bits per heavy atom. The van der Waals surface area contributed by atoms with Crippen LogP contribution in [0.3, 0.4) is 0 Å². The molecule has 0 saturated heterocycles. The van der Waals surface area contributed by atoms with Crippen molar-refractivity contribution in [1.82, 2.24) is 9.88 Å². The van der Waals surface area contributed by atoms with Crippen LogP contribution in [0.5, 0.6) is 5.75 Å². The Hall–Kier alpha value is -2.74. The molecule has 1 aliphatic rings. The second-order valence-corrected chi connectivity index (χ2v) is 8.44. The third-order valence-electron chi connectivity index (χ3n) is 5.10. The van der Waals surface area contributed by atoms with E-state index in [4.69, 9.17) is 15.3 Å². The van der Waals surface area contributed by atoms with Gasteiger partial charge in [-0.3, -0.25) is 10.2 Å². The quantitative estimate of drug-likeness (QED) is 0.569. The number of nitrogens with zero attached hydrogens (tertiary/aromatic N) is 2. The summed E-state index contributed by atoms with van der Waals surface area (Å²) in [6.07, 6.45) is 0.797. The number of carbonyl (C=O) groups is 2. The second-order valence-electron chi connectivity index (χ2n) is 8.44. The number of fused-ring (bicyclic) bond motifs is 1. The van der Waals surface area contributed by atoms with Gasteiger partial charge in [-0.15, -0.1) is 17.0 Å². The van der Waals surface area contributed by atoms with E-state index in [0.29, 0.717) is 23.6 Å². The highest BCUT2D eigenvalue weighted by Crippen LogP contribution is 2.32. The molecule has 1 aliphatic heterocycles. The van der Waals surface area contributed by atoms with E-state index in [1.807, 2.05) is 39.8 Å². The summed E-state index contributed by atoms with van der Waals surface area (Å²) in [4.78, 5) is 30.1. The molecule has 31 heavy (non-hydrogen) atoms. The Morgan fingerprint density at radius 3 is 2.55 bits per heavy atom. The van der Waals surface area contributed by atoms with Gasteiger partial charge in [-0.1, -0.05) is 33.8 Å². The normalized spacial score (nSPS) is 12.9. The van der Waals surface area contributed by atoms with E-state index < -0.39 is 12.6 Å². The first kappa shape index (κ1) is 24.5. The Labute approximate surface area is 192 Å². The third kappa shape index (κ3) is 5.50. The van der Waals surface area contributed by atoms with Gasteiger partial charge in [-0.2, -0.15) is 0 Å². The standard InChI is InChI=1S/C23H27N3O4.BrH/c1-5-16-8-6-15-11-26(22(24)21(15)25-16)12-18(27)14-7-9-19(30-13-20(28)29)17(10-14)23(2,3)4;/h6-10,24H,5,11-13H2,1-4H3,(H,28,29);1H. The van der Waals surface area contributed by atoms with Crippen molar-refractivity contribution in [2.24, 2.45) is 0 Å². The molecule has 0 unspecified atom stereocenters. The largest absolute Gasteiger partial charge is 0.482 e. The lowest BCUT2D eigenvalue weighted by Gasteiger charge is -2.24. The molecular formula is C23H28BrN3O4. The maximum atomic E-state index is 13.0. The van der Waals surface area contributed by atoms with Gasteiger partial charge in [-0.05, 0) is 36.1 Å². The zero-order valence-electron chi connectivity index (χ0n) is 18.2. The molecule has 1 aromatic heterocycles. The Balaban J connectivity index is 0.00000341. The molecule has 0 atom stereocenters. The first-order valence-electron chi connectivity index (χ1n) is 9.95. The van der Waals surface area contributed by atoms with Crippen molar-refractivity contribution in [3.63, 3.8) is 0 Å². The predicted molar refractivity (Wildman–Crippen MR) is 124 cm³/mol. The fourth-order valence-electron chi connectivity index (χ4n) is 3.45. The van der Waals surface area contributed by atoms with Gasteiger partial charge in [0, 0.05) is 28.9 Å². The van der Waals surface area contributed by atoms with E-state index in [1.54, 1.807) is 23.1 Å². The average molecular weight is 490 g/mol. The van der Waals surface area contributed by atoms with Crippen LogP contribution < -0.4 is 4.74 Å². The fraction of sp³-hybridized carbons (Fsp3) is 0.391.